The molecule has 0 saturated heterocycles. The molecule has 0 spiro atoms. The molecule has 0 amide bonds. The van der Waals surface area contributed by atoms with Crippen molar-refractivity contribution in [2.24, 2.45) is 0 Å². The summed E-state index contributed by atoms with van der Waals surface area (Å²) in [6.07, 6.45) is 0. The highest BCUT2D eigenvalue weighted by Gasteiger charge is 2.16. The number of aromatic nitrogens is 2. The van der Waals surface area contributed by atoms with Crippen LogP contribution in [0.1, 0.15) is 5.69 Å². The Hall–Kier alpha value is -1.98. The van der Waals surface area contributed by atoms with Crippen LogP contribution in [0.5, 0.6) is 0 Å². The zero-order chi connectivity index (χ0) is 11.9. The largest absolute Gasteiger partial charge is 0.384 e. The first-order chi connectivity index (χ1) is 7.50. The fraction of sp³-hybridized carbons (Fsp3) is 0.100. The van der Waals surface area contributed by atoms with Gasteiger partial charge in [-0.25, -0.2) is 17.9 Å². The normalized spacial score (nSPS) is 10.8. The molecule has 0 aliphatic heterocycles. The Labute approximate surface area is 89.3 Å². The van der Waals surface area contributed by atoms with E-state index >= 15 is 0 Å². The molecule has 0 atom stereocenters. The Morgan fingerprint density at radius 1 is 1.19 bits per heavy atom. The molecule has 2 aromatic rings. The molecule has 2 N–H and O–H groups in total. The number of halogens is 3. The van der Waals surface area contributed by atoms with Gasteiger partial charge in [0.25, 0.3) is 0 Å². The molecule has 1 heterocycles. The molecule has 6 heteroatoms. The standard InChI is InChI=1S/C10H8F3N3/c1-5-4-8(14)16(15-5)7-3-2-6(11)9(12)10(7)13/h2-4H,14H2,1H3. The molecule has 0 unspecified atom stereocenters. The van der Waals surface area contributed by atoms with Crippen LogP contribution in [0.4, 0.5) is 19.0 Å². The number of benzene rings is 1. The topological polar surface area (TPSA) is 43.8 Å². The lowest BCUT2D eigenvalue weighted by Gasteiger charge is -2.06. The third kappa shape index (κ3) is 1.52. The van der Waals surface area contributed by atoms with Crippen LogP contribution in [0.2, 0.25) is 0 Å². The summed E-state index contributed by atoms with van der Waals surface area (Å²) < 4.78 is 40.1. The van der Waals surface area contributed by atoms with Crippen LogP contribution >= 0.6 is 0 Å². The van der Waals surface area contributed by atoms with Crippen molar-refractivity contribution < 1.29 is 13.2 Å². The van der Waals surface area contributed by atoms with E-state index in [1.54, 1.807) is 6.92 Å². The first-order valence-electron chi connectivity index (χ1n) is 4.46. The van der Waals surface area contributed by atoms with Crippen molar-refractivity contribution in [3.63, 3.8) is 0 Å². The van der Waals surface area contributed by atoms with E-state index in [9.17, 15) is 13.2 Å². The molecule has 0 fully saturated rings. The SMILES string of the molecule is Cc1cc(N)n(-c2ccc(F)c(F)c2F)n1. The van der Waals surface area contributed by atoms with E-state index in [4.69, 9.17) is 5.73 Å². The molecular formula is C10H8F3N3. The van der Waals surface area contributed by atoms with Gasteiger partial charge in [-0.2, -0.15) is 5.10 Å². The Balaban J connectivity index is 2.65. The van der Waals surface area contributed by atoms with Crippen LogP contribution in [0.3, 0.4) is 0 Å². The molecule has 1 aromatic carbocycles. The maximum absolute atomic E-state index is 13.4. The van der Waals surface area contributed by atoms with Crippen LogP contribution in [-0.2, 0) is 0 Å². The molecule has 0 aliphatic carbocycles. The minimum atomic E-state index is -1.54. The van der Waals surface area contributed by atoms with E-state index in [1.165, 1.54) is 6.07 Å². The van der Waals surface area contributed by atoms with E-state index in [1.807, 2.05) is 0 Å². The predicted molar refractivity (Wildman–Crippen MR) is 52.6 cm³/mol. The highest BCUT2D eigenvalue weighted by Crippen LogP contribution is 2.21. The van der Waals surface area contributed by atoms with Gasteiger partial charge in [0.15, 0.2) is 17.5 Å². The summed E-state index contributed by atoms with van der Waals surface area (Å²) in [5.74, 6) is -3.94. The van der Waals surface area contributed by atoms with Crippen LogP contribution in [0, 0.1) is 24.4 Å². The number of anilines is 1. The van der Waals surface area contributed by atoms with Crippen LogP contribution in [0.15, 0.2) is 18.2 Å². The van der Waals surface area contributed by atoms with Crippen molar-refractivity contribution in [1.29, 1.82) is 0 Å². The first-order valence-corrected chi connectivity index (χ1v) is 4.46. The second-order valence-electron chi connectivity index (χ2n) is 3.32. The average molecular weight is 227 g/mol. The van der Waals surface area contributed by atoms with Gasteiger partial charge >= 0.3 is 0 Å². The van der Waals surface area contributed by atoms with Gasteiger partial charge in [0.05, 0.1) is 5.69 Å². The fourth-order valence-corrected chi connectivity index (χ4v) is 1.39. The van der Waals surface area contributed by atoms with E-state index < -0.39 is 17.5 Å². The van der Waals surface area contributed by atoms with Crippen molar-refractivity contribution in [1.82, 2.24) is 9.78 Å². The summed E-state index contributed by atoms with van der Waals surface area (Å²) in [5, 5.41) is 3.87. The molecular weight excluding hydrogens is 219 g/mol. The van der Waals surface area contributed by atoms with Gasteiger partial charge in [-0.3, -0.25) is 0 Å². The van der Waals surface area contributed by atoms with Crippen LogP contribution in [-0.4, -0.2) is 9.78 Å². The number of nitrogen functional groups attached to an aromatic ring is 1. The predicted octanol–water partition coefficient (Wildman–Crippen LogP) is 2.18. The van der Waals surface area contributed by atoms with Gasteiger partial charge in [0.1, 0.15) is 11.5 Å². The van der Waals surface area contributed by atoms with Gasteiger partial charge < -0.3 is 5.73 Å². The number of nitrogens with two attached hydrogens (primary N) is 1. The molecule has 0 bridgehead atoms. The number of nitrogens with zero attached hydrogens (tertiary/aromatic N) is 2. The van der Waals surface area contributed by atoms with E-state index in [2.05, 4.69) is 5.10 Å². The molecule has 0 radical (unpaired) electrons. The Morgan fingerprint density at radius 2 is 1.88 bits per heavy atom. The average Bonchev–Trinajstić information content (AvgIpc) is 2.55. The van der Waals surface area contributed by atoms with E-state index in [0.717, 1.165) is 16.8 Å². The van der Waals surface area contributed by atoms with Crippen LogP contribution in [0.25, 0.3) is 5.69 Å². The smallest absolute Gasteiger partial charge is 0.196 e. The van der Waals surface area contributed by atoms with E-state index in [0.29, 0.717) is 5.69 Å². The summed E-state index contributed by atoms with van der Waals surface area (Å²) in [7, 11) is 0. The minimum absolute atomic E-state index is 0.155. The number of hydrogen-bond donors (Lipinski definition) is 1. The Morgan fingerprint density at radius 3 is 2.44 bits per heavy atom. The monoisotopic (exact) mass is 227 g/mol. The highest BCUT2D eigenvalue weighted by molar-refractivity contribution is 5.43. The Bertz CT molecular complexity index is 548. The van der Waals surface area contributed by atoms with E-state index in [-0.39, 0.29) is 11.5 Å². The van der Waals surface area contributed by atoms with Crippen molar-refractivity contribution in [3.05, 3.63) is 41.3 Å². The van der Waals surface area contributed by atoms with Crippen molar-refractivity contribution in [2.75, 3.05) is 5.73 Å². The van der Waals surface area contributed by atoms with Gasteiger partial charge in [-0.15, -0.1) is 0 Å². The summed E-state index contributed by atoms with van der Waals surface area (Å²) in [6.45, 7) is 1.66. The zero-order valence-electron chi connectivity index (χ0n) is 8.34. The number of hydrogen-bond acceptors (Lipinski definition) is 2. The van der Waals surface area contributed by atoms with Crippen molar-refractivity contribution in [2.45, 2.75) is 6.92 Å². The molecule has 16 heavy (non-hydrogen) atoms. The van der Waals surface area contributed by atoms with Crippen LogP contribution < -0.4 is 5.73 Å². The maximum Gasteiger partial charge on any atom is 0.196 e. The second kappa shape index (κ2) is 3.55. The fourth-order valence-electron chi connectivity index (χ4n) is 1.39. The van der Waals surface area contributed by atoms with Gasteiger partial charge in [0, 0.05) is 6.07 Å². The molecule has 0 saturated carbocycles. The van der Waals surface area contributed by atoms with Gasteiger partial charge in [0.2, 0.25) is 0 Å². The number of aryl methyl sites for hydroxylation is 1. The highest BCUT2D eigenvalue weighted by atomic mass is 19.2. The second-order valence-corrected chi connectivity index (χ2v) is 3.32. The quantitative estimate of drug-likeness (QED) is 0.759. The summed E-state index contributed by atoms with van der Waals surface area (Å²) >= 11 is 0. The molecule has 3 nitrogen and oxygen atoms in total. The molecule has 84 valence electrons. The maximum atomic E-state index is 13.4. The minimum Gasteiger partial charge on any atom is -0.384 e. The van der Waals surface area contributed by atoms with Crippen molar-refractivity contribution >= 4 is 5.82 Å². The third-order valence-electron chi connectivity index (χ3n) is 2.10. The number of rotatable bonds is 1. The van der Waals surface area contributed by atoms with Crippen molar-refractivity contribution in [3.8, 4) is 5.69 Å². The molecule has 0 aliphatic rings. The summed E-state index contributed by atoms with van der Waals surface area (Å²) in [4.78, 5) is 0. The lowest BCUT2D eigenvalue weighted by molar-refractivity contribution is 0.443. The first kappa shape index (κ1) is 10.5. The van der Waals surface area contributed by atoms with Gasteiger partial charge in [-0.05, 0) is 19.1 Å². The lowest BCUT2D eigenvalue weighted by Crippen LogP contribution is -2.06. The third-order valence-corrected chi connectivity index (χ3v) is 2.10. The molecule has 1 aromatic heterocycles. The molecule has 2 rings (SSSR count). The summed E-state index contributed by atoms with van der Waals surface area (Å²) in [6, 6.07) is 3.40. The zero-order valence-corrected chi connectivity index (χ0v) is 8.34. The summed E-state index contributed by atoms with van der Waals surface area (Å²) in [5.41, 5.74) is 5.89. The Kier molecular flexibility index (Phi) is 2.34. The lowest BCUT2D eigenvalue weighted by atomic mass is 10.3. The van der Waals surface area contributed by atoms with Gasteiger partial charge in [-0.1, -0.05) is 0 Å².